The first-order chi connectivity index (χ1) is 9.33. The average molecular weight is 469 g/mol. The van der Waals surface area contributed by atoms with Crippen LogP contribution in [0.4, 0.5) is 4.79 Å². The van der Waals surface area contributed by atoms with E-state index in [4.69, 9.17) is 4.74 Å². The summed E-state index contributed by atoms with van der Waals surface area (Å²) in [4.78, 5) is 18.4. The number of hydrogen-bond donors (Lipinski definition) is 0. The second-order valence-corrected chi connectivity index (χ2v) is 8.77. The van der Waals surface area contributed by atoms with Crippen LogP contribution in [0.5, 0.6) is 0 Å². The topological polar surface area (TPSA) is 47.4 Å². The summed E-state index contributed by atoms with van der Waals surface area (Å²) in [6.07, 6.45) is 7.00. The molecule has 1 amide bonds. The van der Waals surface area contributed by atoms with Crippen molar-refractivity contribution in [2.24, 2.45) is 5.92 Å². The molecule has 0 N–H and O–H groups in total. The summed E-state index contributed by atoms with van der Waals surface area (Å²) in [5.74, 6) is 0.496. The first-order valence-corrected chi connectivity index (χ1v) is 9.10. The van der Waals surface area contributed by atoms with E-state index in [1.54, 1.807) is 0 Å². The van der Waals surface area contributed by atoms with Gasteiger partial charge in [0.15, 0.2) is 0 Å². The Balaban J connectivity index is 1.90. The zero-order chi connectivity index (χ0) is 14.8. The van der Waals surface area contributed by atoms with Gasteiger partial charge in [0.1, 0.15) is 0 Å². The Morgan fingerprint density at radius 3 is 2.90 bits per heavy atom. The van der Waals surface area contributed by atoms with E-state index in [9.17, 15) is 4.79 Å². The second kappa shape index (κ2) is 6.45. The average Bonchev–Trinajstić information content (AvgIpc) is 2.73. The fraction of sp³-hybridized carbons (Fsp3) is 0.714. The van der Waals surface area contributed by atoms with Crippen LogP contribution in [0, 0.1) is 5.92 Å². The van der Waals surface area contributed by atoms with Crippen LogP contribution in [-0.2, 0) is 11.2 Å². The van der Waals surface area contributed by atoms with Crippen molar-refractivity contribution in [2.75, 3.05) is 13.1 Å². The van der Waals surface area contributed by atoms with Crippen molar-refractivity contribution < 1.29 is 9.53 Å². The number of carbonyl (C=O) groups is 1. The van der Waals surface area contributed by atoms with Crippen molar-refractivity contribution in [3.8, 4) is 0 Å². The van der Waals surface area contributed by atoms with Crippen LogP contribution in [0.1, 0.15) is 39.3 Å². The van der Waals surface area contributed by atoms with E-state index in [-0.39, 0.29) is 6.09 Å². The Labute approximate surface area is 136 Å². The third-order valence-corrected chi connectivity index (χ3v) is 4.42. The van der Waals surface area contributed by atoms with Crippen LogP contribution in [0.2, 0.25) is 0 Å². The monoisotopic (exact) mass is 469 g/mol. The molecule has 2 rings (SSSR count). The fourth-order valence-corrected chi connectivity index (χ4v) is 3.43. The van der Waals surface area contributed by atoms with E-state index in [0.29, 0.717) is 5.92 Å². The van der Waals surface area contributed by atoms with E-state index in [2.05, 4.69) is 13.6 Å². The van der Waals surface area contributed by atoms with Gasteiger partial charge in [-0.2, -0.15) is 0 Å². The molecule has 1 saturated heterocycles. The molecule has 1 aliphatic rings. The van der Waals surface area contributed by atoms with E-state index < -0.39 is 5.60 Å². The van der Waals surface area contributed by atoms with Crippen LogP contribution >= 0.6 is 0 Å². The number of ether oxygens (including phenoxy) is 1. The van der Waals surface area contributed by atoms with Gasteiger partial charge in [-0.3, -0.25) is 0 Å². The number of piperidine rings is 1. The Morgan fingerprint density at radius 1 is 1.55 bits per heavy atom. The van der Waals surface area contributed by atoms with Crippen molar-refractivity contribution in [1.29, 1.82) is 0 Å². The molecule has 0 radical (unpaired) electrons. The number of amides is 1. The van der Waals surface area contributed by atoms with Crippen LogP contribution in [0.15, 0.2) is 12.5 Å². The molecule has 0 spiro atoms. The van der Waals surface area contributed by atoms with Gasteiger partial charge < -0.3 is 0 Å². The molecule has 0 unspecified atom stereocenters. The molecule has 20 heavy (non-hydrogen) atoms. The van der Waals surface area contributed by atoms with Crippen molar-refractivity contribution in [1.82, 2.24) is 12.3 Å². The zero-order valence-corrected chi connectivity index (χ0v) is 17.0. The van der Waals surface area contributed by atoms with E-state index in [1.807, 2.05) is 32.0 Å². The molecule has 1 atom stereocenters. The Morgan fingerprint density at radius 2 is 2.30 bits per heavy atom. The molecule has 0 aromatic carbocycles. The van der Waals surface area contributed by atoms with Crippen molar-refractivity contribution >= 4 is 32.2 Å². The third-order valence-electron chi connectivity index (χ3n) is 3.32. The molecule has 108 valence electrons. The van der Waals surface area contributed by atoms with Crippen LogP contribution in [-0.4, -0.2) is 63.1 Å². The molecule has 6 heteroatoms. The normalized spacial score (nSPS) is 19.9. The second-order valence-electron chi connectivity index (χ2n) is 6.45. The van der Waals surface area contributed by atoms with Crippen LogP contribution in [0.25, 0.3) is 0 Å². The van der Waals surface area contributed by atoms with Gasteiger partial charge >= 0.3 is 137 Å². The summed E-state index contributed by atoms with van der Waals surface area (Å²) < 4.78 is 7.58. The first-order valence-electron chi connectivity index (χ1n) is 7.09. The number of aromatic nitrogens is 2. The molecule has 1 aromatic heterocycles. The summed E-state index contributed by atoms with van der Waals surface area (Å²) in [5.41, 5.74) is 0.722. The van der Waals surface area contributed by atoms with Gasteiger partial charge in [0.25, 0.3) is 0 Å². The molecule has 0 aliphatic carbocycles. The summed E-state index contributed by atoms with van der Waals surface area (Å²) in [7, 11) is 0. The standard InChI is InChI=1S/C14H22N3O2.Tl/c1-14(2,3)19-13(18)17-6-4-5-11(9-17)7-12-8-15-10-16-12;/h8,10-11H,4-7,9H2,1-3H3;/q-1;+1/t11-;/m0./s1. The van der Waals surface area contributed by atoms with Crippen LogP contribution < -0.4 is 0 Å². The predicted octanol–water partition coefficient (Wildman–Crippen LogP) is 2.00. The quantitative estimate of drug-likeness (QED) is 0.624. The third kappa shape index (κ3) is 4.75. The molecular formula is C14H22N3O2Tl. The number of nitrogens with zero attached hydrogens (tertiary/aromatic N) is 3. The van der Waals surface area contributed by atoms with Gasteiger partial charge in [-0.1, -0.05) is 0 Å². The zero-order valence-electron chi connectivity index (χ0n) is 12.5. The molecule has 2 heterocycles. The van der Waals surface area contributed by atoms with E-state index in [0.717, 1.165) is 64.1 Å². The first kappa shape index (κ1) is 15.8. The van der Waals surface area contributed by atoms with Gasteiger partial charge in [0, 0.05) is 0 Å². The van der Waals surface area contributed by atoms with Gasteiger partial charge in [-0.25, -0.2) is 0 Å². The van der Waals surface area contributed by atoms with Crippen molar-refractivity contribution in [3.63, 3.8) is 0 Å². The molecule has 1 aliphatic heterocycles. The molecule has 0 bridgehead atoms. The molecule has 1 fully saturated rings. The SMILES string of the molecule is CC(C)(C)OC(=O)N1CCC[C@@H](Cc2c[n]([Tl])cn2)C1. The van der Waals surface area contributed by atoms with Crippen LogP contribution in [0.3, 0.4) is 0 Å². The number of likely N-dealkylation sites (tertiary alicyclic amines) is 1. The number of hydrogen-bond acceptors (Lipinski definition) is 3. The van der Waals surface area contributed by atoms with Gasteiger partial charge in [-0.05, 0) is 0 Å². The van der Waals surface area contributed by atoms with E-state index in [1.165, 1.54) is 0 Å². The maximum atomic E-state index is 12.1. The van der Waals surface area contributed by atoms with Crippen molar-refractivity contribution in [3.05, 3.63) is 18.2 Å². The summed E-state index contributed by atoms with van der Waals surface area (Å²) in [6.45, 7) is 7.31. The predicted molar refractivity (Wildman–Crippen MR) is 77.6 cm³/mol. The van der Waals surface area contributed by atoms with Crippen molar-refractivity contribution in [2.45, 2.75) is 45.6 Å². The molecular weight excluding hydrogens is 447 g/mol. The Hall–Kier alpha value is -0.598. The van der Waals surface area contributed by atoms with Gasteiger partial charge in [-0.15, -0.1) is 0 Å². The summed E-state index contributed by atoms with van der Waals surface area (Å²) >= 11 is 0.769. The Kier molecular flexibility index (Phi) is 5.09. The molecule has 0 saturated carbocycles. The number of carbonyl (C=O) groups excluding carboxylic acids is 1. The Bertz CT molecular complexity index is 467. The molecule has 5 nitrogen and oxygen atoms in total. The summed E-state index contributed by atoms with van der Waals surface area (Å²) in [6, 6.07) is 0. The fourth-order valence-electron chi connectivity index (χ4n) is 2.50. The maximum absolute atomic E-state index is 12.1. The van der Waals surface area contributed by atoms with E-state index >= 15 is 0 Å². The minimum atomic E-state index is -0.420. The van der Waals surface area contributed by atoms with Gasteiger partial charge in [0.2, 0.25) is 0 Å². The number of rotatable bonds is 2. The molecule has 1 aromatic rings. The minimum absolute atomic E-state index is 0.183. The summed E-state index contributed by atoms with van der Waals surface area (Å²) in [5, 5.41) is 0. The number of imidazole rings is 1. The van der Waals surface area contributed by atoms with Gasteiger partial charge in [0.05, 0.1) is 0 Å².